The number of hydrogen-bond donors (Lipinski definition) is 3. The van der Waals surface area contributed by atoms with Gasteiger partial charge in [0, 0.05) is 23.9 Å². The smallest absolute Gasteiger partial charge is 0.340 e. The van der Waals surface area contributed by atoms with E-state index in [0.29, 0.717) is 22.7 Å². The number of rotatable bonds is 3. The number of aryl methyl sites for hydroxylation is 1. The van der Waals surface area contributed by atoms with Crippen molar-refractivity contribution in [3.8, 4) is 23.0 Å². The number of aromatic hydroxyl groups is 2. The first kappa shape index (κ1) is 16.8. The fourth-order valence-corrected chi connectivity index (χ4v) is 3.05. The number of phenolic OH excluding ortho intramolecular Hbond substituents is 2. The minimum Gasteiger partial charge on any atom is -0.508 e. The SMILES string of the molecule is Cc1c(CC(=O)Nc2ccc3c(c2)OCO3)c(=O)oc2cc(O)cc(O)c12. The number of carbonyl (C=O) groups excluding carboxylic acids is 1. The van der Waals surface area contributed by atoms with Gasteiger partial charge in [0.15, 0.2) is 11.5 Å². The van der Waals surface area contributed by atoms with Gasteiger partial charge in [0.1, 0.15) is 17.1 Å². The van der Waals surface area contributed by atoms with Crippen molar-refractivity contribution in [3.63, 3.8) is 0 Å². The third-order valence-corrected chi connectivity index (χ3v) is 4.34. The van der Waals surface area contributed by atoms with Gasteiger partial charge in [-0.15, -0.1) is 0 Å². The summed E-state index contributed by atoms with van der Waals surface area (Å²) in [6.07, 6.45) is -0.237. The van der Waals surface area contributed by atoms with Gasteiger partial charge in [0.05, 0.1) is 17.4 Å². The number of phenols is 2. The van der Waals surface area contributed by atoms with Gasteiger partial charge in [-0.05, 0) is 24.6 Å². The van der Waals surface area contributed by atoms with E-state index >= 15 is 0 Å². The van der Waals surface area contributed by atoms with Crippen LogP contribution in [0.25, 0.3) is 11.0 Å². The minimum atomic E-state index is -0.703. The quantitative estimate of drug-likeness (QED) is 0.607. The molecular weight excluding hydrogens is 354 g/mol. The predicted octanol–water partition coefficient (Wildman–Crippen LogP) is 2.42. The van der Waals surface area contributed by atoms with E-state index in [1.165, 1.54) is 6.07 Å². The standard InChI is InChI=1S/C19H15NO7/c1-9-12(19(24)27-16-6-11(21)5-13(22)18(9)16)7-17(23)20-10-2-3-14-15(4-10)26-8-25-14/h2-6,21-22H,7-8H2,1H3,(H,20,23). The lowest BCUT2D eigenvalue weighted by molar-refractivity contribution is -0.115. The third-order valence-electron chi connectivity index (χ3n) is 4.34. The van der Waals surface area contributed by atoms with Crippen molar-refractivity contribution in [1.29, 1.82) is 0 Å². The molecule has 3 N–H and O–H groups in total. The lowest BCUT2D eigenvalue weighted by Gasteiger charge is -2.10. The zero-order valence-electron chi connectivity index (χ0n) is 14.2. The number of amides is 1. The van der Waals surface area contributed by atoms with Crippen LogP contribution in [-0.2, 0) is 11.2 Å². The summed E-state index contributed by atoms with van der Waals surface area (Å²) in [5, 5.41) is 22.6. The molecule has 1 aromatic heterocycles. The van der Waals surface area contributed by atoms with Crippen LogP contribution in [0.15, 0.2) is 39.5 Å². The topological polar surface area (TPSA) is 118 Å². The molecule has 0 saturated heterocycles. The number of ether oxygens (including phenoxy) is 2. The zero-order valence-corrected chi connectivity index (χ0v) is 14.2. The molecule has 1 aliphatic rings. The molecule has 8 nitrogen and oxygen atoms in total. The molecule has 8 heteroatoms. The molecule has 0 saturated carbocycles. The van der Waals surface area contributed by atoms with E-state index in [2.05, 4.69) is 5.32 Å². The highest BCUT2D eigenvalue weighted by Crippen LogP contribution is 2.35. The molecule has 1 aliphatic heterocycles. The zero-order chi connectivity index (χ0) is 19.1. The van der Waals surface area contributed by atoms with Crippen LogP contribution in [0.5, 0.6) is 23.0 Å². The summed E-state index contributed by atoms with van der Waals surface area (Å²) in [6, 6.07) is 7.35. The Bertz CT molecular complexity index is 1130. The first-order valence-corrected chi connectivity index (χ1v) is 8.10. The van der Waals surface area contributed by atoms with Crippen LogP contribution >= 0.6 is 0 Å². The number of fused-ring (bicyclic) bond motifs is 2. The van der Waals surface area contributed by atoms with Gasteiger partial charge in [0.2, 0.25) is 12.7 Å². The van der Waals surface area contributed by atoms with E-state index < -0.39 is 11.5 Å². The van der Waals surface area contributed by atoms with Crippen LogP contribution in [0, 0.1) is 6.92 Å². The van der Waals surface area contributed by atoms with Crippen molar-refractivity contribution in [2.45, 2.75) is 13.3 Å². The van der Waals surface area contributed by atoms with Gasteiger partial charge < -0.3 is 29.4 Å². The average molecular weight is 369 g/mol. The molecule has 138 valence electrons. The van der Waals surface area contributed by atoms with Crippen molar-refractivity contribution >= 4 is 22.6 Å². The van der Waals surface area contributed by atoms with Crippen molar-refractivity contribution in [2.75, 3.05) is 12.1 Å². The fraction of sp³-hybridized carbons (Fsp3) is 0.158. The highest BCUT2D eigenvalue weighted by Gasteiger charge is 2.19. The Morgan fingerprint density at radius 1 is 1.15 bits per heavy atom. The first-order valence-electron chi connectivity index (χ1n) is 8.10. The van der Waals surface area contributed by atoms with E-state index in [9.17, 15) is 19.8 Å². The third kappa shape index (κ3) is 3.01. The van der Waals surface area contributed by atoms with Crippen molar-refractivity contribution in [3.05, 3.63) is 51.9 Å². The molecule has 2 heterocycles. The predicted molar refractivity (Wildman–Crippen MR) is 95.4 cm³/mol. The lowest BCUT2D eigenvalue weighted by atomic mass is 10.0. The van der Waals surface area contributed by atoms with Crippen LogP contribution in [0.2, 0.25) is 0 Å². The molecule has 0 bridgehead atoms. The van der Waals surface area contributed by atoms with Crippen molar-refractivity contribution < 1.29 is 28.9 Å². The first-order chi connectivity index (χ1) is 12.9. The highest BCUT2D eigenvalue weighted by molar-refractivity contribution is 5.94. The van der Waals surface area contributed by atoms with Crippen LogP contribution in [-0.4, -0.2) is 22.9 Å². The molecule has 3 aromatic rings. The second-order valence-electron chi connectivity index (χ2n) is 6.12. The number of carbonyl (C=O) groups is 1. The highest BCUT2D eigenvalue weighted by atomic mass is 16.7. The summed E-state index contributed by atoms with van der Waals surface area (Å²) in [5.74, 6) is 0.234. The maximum absolute atomic E-state index is 12.4. The number of benzene rings is 2. The molecular formula is C19H15NO7. The molecule has 4 rings (SSSR count). The molecule has 0 atom stereocenters. The Hall–Kier alpha value is -3.68. The van der Waals surface area contributed by atoms with Crippen molar-refractivity contribution in [1.82, 2.24) is 0 Å². The van der Waals surface area contributed by atoms with E-state index in [1.807, 2.05) is 0 Å². The van der Waals surface area contributed by atoms with Crippen LogP contribution < -0.4 is 20.4 Å². The van der Waals surface area contributed by atoms with Crippen LogP contribution in [0.1, 0.15) is 11.1 Å². The monoisotopic (exact) mass is 369 g/mol. The Morgan fingerprint density at radius 3 is 2.74 bits per heavy atom. The van der Waals surface area contributed by atoms with Crippen LogP contribution in [0.4, 0.5) is 5.69 Å². The average Bonchev–Trinajstić information content (AvgIpc) is 3.05. The summed E-state index contributed by atoms with van der Waals surface area (Å²) in [5.41, 5.74) is 0.391. The largest absolute Gasteiger partial charge is 0.508 e. The minimum absolute atomic E-state index is 0.0509. The fourth-order valence-electron chi connectivity index (χ4n) is 3.05. The molecule has 0 unspecified atom stereocenters. The number of hydrogen-bond acceptors (Lipinski definition) is 7. The maximum Gasteiger partial charge on any atom is 0.340 e. The van der Waals surface area contributed by atoms with Crippen molar-refractivity contribution in [2.24, 2.45) is 0 Å². The van der Waals surface area contributed by atoms with Gasteiger partial charge >= 0.3 is 5.63 Å². The molecule has 0 spiro atoms. The van der Waals surface area contributed by atoms with Gasteiger partial charge in [0.25, 0.3) is 0 Å². The van der Waals surface area contributed by atoms with Gasteiger partial charge in [-0.1, -0.05) is 0 Å². The Balaban J connectivity index is 1.63. The van der Waals surface area contributed by atoms with Gasteiger partial charge in [-0.2, -0.15) is 0 Å². The Labute approximate surface area is 152 Å². The summed E-state index contributed by atoms with van der Waals surface area (Å²) < 4.78 is 15.6. The second-order valence-corrected chi connectivity index (χ2v) is 6.12. The van der Waals surface area contributed by atoms with Gasteiger partial charge in [-0.3, -0.25) is 4.79 Å². The van der Waals surface area contributed by atoms with Crippen LogP contribution in [0.3, 0.4) is 0 Å². The number of nitrogens with one attached hydrogen (secondary N) is 1. The Morgan fingerprint density at radius 2 is 1.93 bits per heavy atom. The Kier molecular flexibility index (Phi) is 3.88. The van der Waals surface area contributed by atoms with E-state index in [0.717, 1.165) is 6.07 Å². The molecule has 1 amide bonds. The summed E-state index contributed by atoms with van der Waals surface area (Å²) in [7, 11) is 0. The van der Waals surface area contributed by atoms with E-state index in [-0.39, 0.29) is 41.2 Å². The molecule has 2 aromatic carbocycles. The summed E-state index contributed by atoms with van der Waals surface area (Å²) >= 11 is 0. The maximum atomic E-state index is 12.4. The molecule has 0 radical (unpaired) electrons. The lowest BCUT2D eigenvalue weighted by Crippen LogP contribution is -2.20. The normalized spacial score (nSPS) is 12.3. The molecule has 0 aliphatic carbocycles. The molecule has 0 fully saturated rings. The summed E-state index contributed by atoms with van der Waals surface area (Å²) in [6.45, 7) is 1.74. The number of anilines is 1. The second kappa shape index (κ2) is 6.24. The summed E-state index contributed by atoms with van der Waals surface area (Å²) in [4.78, 5) is 24.7. The van der Waals surface area contributed by atoms with Gasteiger partial charge in [-0.25, -0.2) is 4.79 Å². The van der Waals surface area contributed by atoms with E-state index in [4.69, 9.17) is 13.9 Å². The molecule has 27 heavy (non-hydrogen) atoms. The van der Waals surface area contributed by atoms with E-state index in [1.54, 1.807) is 25.1 Å².